The molecule has 222 valence electrons. The first-order chi connectivity index (χ1) is 20.4. The zero-order chi connectivity index (χ0) is 29.9. The summed E-state index contributed by atoms with van der Waals surface area (Å²) in [5.41, 5.74) is 2.66. The van der Waals surface area contributed by atoms with Crippen LogP contribution >= 0.6 is 0 Å². The molecule has 1 fully saturated rings. The number of likely N-dealkylation sites (N-methyl/N-ethyl adjacent to an activating group) is 1. The Morgan fingerprint density at radius 1 is 1.21 bits per heavy atom. The van der Waals surface area contributed by atoms with Gasteiger partial charge in [0.05, 0.1) is 23.5 Å². The second kappa shape index (κ2) is 15.0. The Hall–Kier alpha value is -4.43. The van der Waals surface area contributed by atoms with Crippen LogP contribution in [-0.2, 0) is 16.6 Å². The molecule has 3 N–H and O–H groups in total. The SMILES string of the molecule is CCCNc1nc(Nc2ccc3c(cnn3C)c2)ncc1C#CCCCNC(=O)[C@@H]1CCCN1C(=O)/C=C/CN(C)C. The van der Waals surface area contributed by atoms with Gasteiger partial charge in [0.1, 0.15) is 11.9 Å². The highest BCUT2D eigenvalue weighted by Gasteiger charge is 2.32. The van der Waals surface area contributed by atoms with E-state index in [9.17, 15) is 9.59 Å². The number of rotatable bonds is 12. The lowest BCUT2D eigenvalue weighted by Crippen LogP contribution is -2.45. The van der Waals surface area contributed by atoms with Gasteiger partial charge in [-0.3, -0.25) is 14.3 Å². The number of anilines is 3. The van der Waals surface area contributed by atoms with Crippen molar-refractivity contribution in [3.63, 3.8) is 0 Å². The van der Waals surface area contributed by atoms with Gasteiger partial charge in [-0.25, -0.2) is 4.98 Å². The number of benzene rings is 1. The van der Waals surface area contributed by atoms with Gasteiger partial charge in [-0.05, 0) is 58.0 Å². The number of hydrogen-bond donors (Lipinski definition) is 3. The van der Waals surface area contributed by atoms with Crippen LogP contribution < -0.4 is 16.0 Å². The van der Waals surface area contributed by atoms with Crippen molar-refractivity contribution in [1.82, 2.24) is 34.9 Å². The second-order valence-electron chi connectivity index (χ2n) is 10.6. The summed E-state index contributed by atoms with van der Waals surface area (Å²) < 4.78 is 1.84. The minimum atomic E-state index is -0.407. The molecule has 0 unspecified atom stereocenters. The Morgan fingerprint density at radius 2 is 2.07 bits per heavy atom. The number of aryl methyl sites for hydroxylation is 1. The van der Waals surface area contributed by atoms with Crippen LogP contribution in [0.15, 0.2) is 42.7 Å². The minimum absolute atomic E-state index is 0.0972. The topological polar surface area (TPSA) is 120 Å². The van der Waals surface area contributed by atoms with E-state index in [0.29, 0.717) is 50.7 Å². The molecule has 1 saturated heterocycles. The van der Waals surface area contributed by atoms with Crippen molar-refractivity contribution in [3.8, 4) is 11.8 Å². The monoisotopic (exact) mass is 571 g/mol. The van der Waals surface area contributed by atoms with Gasteiger partial charge in [0.15, 0.2) is 0 Å². The summed E-state index contributed by atoms with van der Waals surface area (Å²) >= 11 is 0. The second-order valence-corrected chi connectivity index (χ2v) is 10.6. The van der Waals surface area contributed by atoms with Gasteiger partial charge >= 0.3 is 0 Å². The Bertz CT molecular complexity index is 1470. The molecular weight excluding hydrogens is 530 g/mol. The van der Waals surface area contributed by atoms with E-state index in [1.165, 1.54) is 0 Å². The number of carbonyl (C=O) groups excluding carboxylic acids is 2. The summed E-state index contributed by atoms with van der Waals surface area (Å²) in [5.74, 6) is 7.33. The van der Waals surface area contributed by atoms with E-state index in [0.717, 1.165) is 41.5 Å². The molecule has 11 nitrogen and oxygen atoms in total. The first-order valence-electron chi connectivity index (χ1n) is 14.5. The van der Waals surface area contributed by atoms with Crippen LogP contribution in [0.2, 0.25) is 0 Å². The van der Waals surface area contributed by atoms with Gasteiger partial charge < -0.3 is 25.8 Å². The van der Waals surface area contributed by atoms with Crippen molar-refractivity contribution in [2.75, 3.05) is 50.9 Å². The van der Waals surface area contributed by atoms with Gasteiger partial charge in [0.25, 0.3) is 0 Å². The molecule has 0 spiro atoms. The van der Waals surface area contributed by atoms with Gasteiger partial charge in [-0.2, -0.15) is 10.1 Å². The maximum atomic E-state index is 12.8. The molecule has 0 saturated carbocycles. The summed E-state index contributed by atoms with van der Waals surface area (Å²) in [6.07, 6.45) is 10.7. The third kappa shape index (κ3) is 8.30. The lowest BCUT2D eigenvalue weighted by atomic mass is 10.2. The van der Waals surface area contributed by atoms with E-state index in [1.54, 1.807) is 17.2 Å². The molecule has 1 aliphatic rings. The first kappa shape index (κ1) is 30.5. The van der Waals surface area contributed by atoms with Crippen LogP contribution in [-0.4, -0.2) is 87.7 Å². The molecule has 1 aromatic carbocycles. The Labute approximate surface area is 247 Å². The van der Waals surface area contributed by atoms with E-state index < -0.39 is 6.04 Å². The molecule has 2 aromatic heterocycles. The van der Waals surface area contributed by atoms with E-state index in [4.69, 9.17) is 0 Å². The molecule has 3 aromatic rings. The number of unbranched alkanes of at least 4 members (excludes halogenated alkanes) is 1. The fourth-order valence-corrected chi connectivity index (χ4v) is 4.71. The number of hydrogen-bond acceptors (Lipinski definition) is 8. The predicted octanol–water partition coefficient (Wildman–Crippen LogP) is 3.29. The summed E-state index contributed by atoms with van der Waals surface area (Å²) in [6, 6.07) is 5.60. The fraction of sp³-hybridized carbons (Fsp3) is 0.452. The molecule has 0 bridgehead atoms. The Kier molecular flexibility index (Phi) is 10.9. The highest BCUT2D eigenvalue weighted by molar-refractivity contribution is 5.93. The fourth-order valence-electron chi connectivity index (χ4n) is 4.71. The number of amides is 2. The number of fused-ring (bicyclic) bond motifs is 1. The average Bonchev–Trinajstić information content (AvgIpc) is 3.61. The highest BCUT2D eigenvalue weighted by Crippen LogP contribution is 2.22. The van der Waals surface area contributed by atoms with Gasteiger partial charge in [-0.15, -0.1) is 0 Å². The number of carbonyl (C=O) groups is 2. The van der Waals surface area contributed by atoms with Gasteiger partial charge in [0, 0.05) is 56.8 Å². The van der Waals surface area contributed by atoms with Crippen LogP contribution in [0.25, 0.3) is 10.9 Å². The van der Waals surface area contributed by atoms with Gasteiger partial charge in [0.2, 0.25) is 17.8 Å². The van der Waals surface area contributed by atoms with Crippen LogP contribution in [0.5, 0.6) is 0 Å². The summed E-state index contributed by atoms with van der Waals surface area (Å²) in [6.45, 7) is 4.66. The van der Waals surface area contributed by atoms with Crippen LogP contribution in [0, 0.1) is 11.8 Å². The van der Waals surface area contributed by atoms with E-state index in [2.05, 4.69) is 49.8 Å². The summed E-state index contributed by atoms with van der Waals surface area (Å²) in [7, 11) is 5.81. The number of likely N-dealkylation sites (tertiary alicyclic amines) is 1. The van der Waals surface area contributed by atoms with E-state index >= 15 is 0 Å². The van der Waals surface area contributed by atoms with Crippen LogP contribution in [0.4, 0.5) is 17.5 Å². The molecule has 3 heterocycles. The number of nitrogens with zero attached hydrogens (tertiary/aromatic N) is 6. The third-order valence-electron chi connectivity index (χ3n) is 6.90. The van der Waals surface area contributed by atoms with E-state index in [-0.39, 0.29) is 11.8 Å². The third-order valence-corrected chi connectivity index (χ3v) is 6.90. The standard InChI is InChI=1S/C31H41N9O2/c1-5-16-32-29-23(21-34-31(37-29)36-25-14-15-26-24(20-25)22-35-39(26)4)11-7-6-8-17-33-30(42)27-12-9-19-40(27)28(41)13-10-18-38(2)3/h10,13-15,20-22,27H,5-6,8-9,12,16-19H2,1-4H3,(H,33,42)(H2,32,34,36,37)/b13-10+/t27-/m0/s1. The van der Waals surface area contributed by atoms with Crippen molar-refractivity contribution in [3.05, 3.63) is 48.3 Å². The largest absolute Gasteiger partial charge is 0.369 e. The normalized spacial score (nSPS) is 14.8. The van der Waals surface area contributed by atoms with Crippen molar-refractivity contribution in [1.29, 1.82) is 0 Å². The molecule has 0 radical (unpaired) electrons. The Morgan fingerprint density at radius 3 is 2.88 bits per heavy atom. The first-order valence-corrected chi connectivity index (χ1v) is 14.5. The van der Waals surface area contributed by atoms with Crippen molar-refractivity contribution >= 4 is 40.2 Å². The predicted molar refractivity (Wildman–Crippen MR) is 166 cm³/mol. The van der Waals surface area contributed by atoms with Crippen molar-refractivity contribution in [2.24, 2.45) is 7.05 Å². The highest BCUT2D eigenvalue weighted by atomic mass is 16.2. The molecule has 42 heavy (non-hydrogen) atoms. The molecule has 4 rings (SSSR count). The molecule has 1 aliphatic heterocycles. The molecule has 11 heteroatoms. The van der Waals surface area contributed by atoms with Crippen molar-refractivity contribution in [2.45, 2.75) is 45.1 Å². The number of aromatic nitrogens is 4. The van der Waals surface area contributed by atoms with Crippen LogP contribution in [0.1, 0.15) is 44.6 Å². The smallest absolute Gasteiger partial charge is 0.246 e. The maximum absolute atomic E-state index is 12.8. The summed E-state index contributed by atoms with van der Waals surface area (Å²) in [5, 5.41) is 14.9. The molecular formula is C31H41N9O2. The quantitative estimate of drug-likeness (QED) is 0.172. The average molecular weight is 572 g/mol. The molecule has 2 amide bonds. The lowest BCUT2D eigenvalue weighted by Gasteiger charge is -2.22. The van der Waals surface area contributed by atoms with Gasteiger partial charge in [-0.1, -0.05) is 24.8 Å². The Balaban J connectivity index is 1.29. The molecule has 0 aliphatic carbocycles. The zero-order valence-electron chi connectivity index (χ0n) is 25.0. The molecule has 1 atom stereocenters. The van der Waals surface area contributed by atoms with Crippen molar-refractivity contribution < 1.29 is 9.59 Å². The minimum Gasteiger partial charge on any atom is -0.369 e. The van der Waals surface area contributed by atoms with Crippen LogP contribution in [0.3, 0.4) is 0 Å². The lowest BCUT2D eigenvalue weighted by molar-refractivity contribution is -0.135. The maximum Gasteiger partial charge on any atom is 0.246 e. The zero-order valence-corrected chi connectivity index (χ0v) is 25.0. The van der Waals surface area contributed by atoms with E-state index in [1.807, 2.05) is 61.2 Å². The number of nitrogens with one attached hydrogen (secondary N) is 3. The summed E-state index contributed by atoms with van der Waals surface area (Å²) in [4.78, 5) is 38.1.